The summed E-state index contributed by atoms with van der Waals surface area (Å²) in [6.07, 6.45) is 5.51. The van der Waals surface area contributed by atoms with Gasteiger partial charge in [-0.1, -0.05) is 32.4 Å². The number of benzene rings is 1. The second kappa shape index (κ2) is 12.6. The number of amides is 2. The van der Waals surface area contributed by atoms with E-state index in [0.29, 0.717) is 41.2 Å². The van der Waals surface area contributed by atoms with E-state index in [-0.39, 0.29) is 23.2 Å². The predicted molar refractivity (Wildman–Crippen MR) is 168 cm³/mol. The van der Waals surface area contributed by atoms with Gasteiger partial charge in [-0.3, -0.25) is 0 Å². The molecule has 2 aromatic rings. The lowest BCUT2D eigenvalue weighted by atomic mass is 9.98. The molecule has 2 aliphatic heterocycles. The Bertz CT molecular complexity index is 1250. The Morgan fingerprint density at radius 2 is 1.80 bits per heavy atom. The number of piperidine rings is 1. The van der Waals surface area contributed by atoms with Crippen LogP contribution in [0.4, 0.5) is 22.1 Å². The number of halogens is 1. The zero-order valence-corrected chi connectivity index (χ0v) is 27.2. The molecule has 2 aliphatic rings. The van der Waals surface area contributed by atoms with Gasteiger partial charge in [0.25, 0.3) is 0 Å². The van der Waals surface area contributed by atoms with E-state index in [9.17, 15) is 4.79 Å². The molecule has 1 N–H and O–H groups in total. The van der Waals surface area contributed by atoms with Crippen LogP contribution in [0.2, 0.25) is 23.2 Å². The quantitative estimate of drug-likeness (QED) is 0.386. The number of piperazine rings is 1. The summed E-state index contributed by atoms with van der Waals surface area (Å²) in [5.74, 6) is 1.26. The van der Waals surface area contributed by atoms with E-state index in [2.05, 4.69) is 71.9 Å². The van der Waals surface area contributed by atoms with E-state index in [1.54, 1.807) is 18.5 Å². The molecule has 1 aromatic heterocycles. The topological polar surface area (TPSA) is 97.6 Å². The van der Waals surface area contributed by atoms with Crippen LogP contribution in [-0.4, -0.2) is 74.1 Å². The lowest BCUT2D eigenvalue weighted by Crippen LogP contribution is -2.59. The molecule has 0 radical (unpaired) electrons. The number of nitrogens with zero attached hydrogens (tertiary/aromatic N) is 6. The number of hydrogen-bond donors (Lipinski definition) is 1. The summed E-state index contributed by atoms with van der Waals surface area (Å²) in [5.41, 5.74) is 1.99. The molecule has 0 aliphatic carbocycles. The van der Waals surface area contributed by atoms with Crippen LogP contribution in [0.15, 0.2) is 30.6 Å². The summed E-state index contributed by atoms with van der Waals surface area (Å²) in [6.45, 7) is 19.4. The number of nitriles is 1. The standard InChI is InChI=1S/C30H44ClN7O2Si/c1-21-19-38(22(2)18-37(21)26-9-8-24(15-32)27(31)14-26)29(39)35-25-16-33-28(34-17-25)36-12-10-23(11-13-36)20-40-41(6,7)30(3,4)5/h8-9,14,16-17,21-23H,10-13,18-20H2,1-7H3,(H,35,39). The molecule has 1 aromatic carbocycles. The maximum atomic E-state index is 13.2. The van der Waals surface area contributed by atoms with E-state index in [0.717, 1.165) is 38.2 Å². The van der Waals surface area contributed by atoms with Crippen LogP contribution in [-0.2, 0) is 4.43 Å². The van der Waals surface area contributed by atoms with E-state index >= 15 is 0 Å². The largest absolute Gasteiger partial charge is 0.417 e. The summed E-state index contributed by atoms with van der Waals surface area (Å²) in [4.78, 5) is 28.6. The molecule has 11 heteroatoms. The first-order valence-electron chi connectivity index (χ1n) is 14.5. The van der Waals surface area contributed by atoms with Crippen LogP contribution in [0.3, 0.4) is 0 Å². The Morgan fingerprint density at radius 3 is 2.39 bits per heavy atom. The first kappa shape index (κ1) is 31.1. The number of carbonyl (C=O) groups is 1. The van der Waals surface area contributed by atoms with Gasteiger partial charge in [-0.15, -0.1) is 0 Å². The molecule has 2 unspecified atom stereocenters. The third-order valence-electron chi connectivity index (χ3n) is 8.92. The summed E-state index contributed by atoms with van der Waals surface area (Å²) >= 11 is 6.27. The van der Waals surface area contributed by atoms with Gasteiger partial charge in [0.05, 0.1) is 28.7 Å². The fourth-order valence-corrected chi connectivity index (χ4v) is 6.43. The normalized spacial score (nSPS) is 20.6. The van der Waals surface area contributed by atoms with Crippen molar-refractivity contribution in [3.63, 3.8) is 0 Å². The Balaban J connectivity index is 1.27. The lowest BCUT2D eigenvalue weighted by Gasteiger charge is -2.45. The highest BCUT2D eigenvalue weighted by molar-refractivity contribution is 6.74. The summed E-state index contributed by atoms with van der Waals surface area (Å²) in [5, 5.41) is 12.8. The van der Waals surface area contributed by atoms with E-state index < -0.39 is 8.32 Å². The van der Waals surface area contributed by atoms with E-state index in [1.165, 1.54) is 0 Å². The molecule has 2 atom stereocenters. The van der Waals surface area contributed by atoms with Crippen molar-refractivity contribution in [1.82, 2.24) is 14.9 Å². The summed E-state index contributed by atoms with van der Waals surface area (Å²) in [6, 6.07) is 7.46. The molecule has 0 bridgehead atoms. The third kappa shape index (κ3) is 7.32. The number of hydrogen-bond acceptors (Lipinski definition) is 7. The third-order valence-corrected chi connectivity index (χ3v) is 13.7. The Morgan fingerprint density at radius 1 is 1.15 bits per heavy atom. The first-order chi connectivity index (χ1) is 19.3. The van der Waals surface area contributed by atoms with Crippen molar-refractivity contribution in [3.8, 4) is 6.07 Å². The second-order valence-electron chi connectivity index (χ2n) is 13.0. The van der Waals surface area contributed by atoms with Gasteiger partial charge in [0.2, 0.25) is 5.95 Å². The van der Waals surface area contributed by atoms with Crippen molar-refractivity contribution in [2.75, 3.05) is 47.9 Å². The van der Waals surface area contributed by atoms with Crippen molar-refractivity contribution >= 4 is 43.3 Å². The van der Waals surface area contributed by atoms with Gasteiger partial charge in [0, 0.05) is 50.6 Å². The molecule has 2 amide bonds. The minimum Gasteiger partial charge on any atom is -0.417 e. The Labute approximate surface area is 251 Å². The Kier molecular flexibility index (Phi) is 9.51. The van der Waals surface area contributed by atoms with Crippen LogP contribution in [0.5, 0.6) is 0 Å². The van der Waals surface area contributed by atoms with Crippen molar-refractivity contribution in [1.29, 1.82) is 5.26 Å². The van der Waals surface area contributed by atoms with Crippen molar-refractivity contribution < 1.29 is 9.22 Å². The number of rotatable bonds is 6. The van der Waals surface area contributed by atoms with Crippen molar-refractivity contribution in [2.45, 2.75) is 77.7 Å². The number of aromatic nitrogens is 2. The molecule has 222 valence electrons. The molecule has 4 rings (SSSR count). The number of urea groups is 1. The zero-order valence-electron chi connectivity index (χ0n) is 25.4. The van der Waals surface area contributed by atoms with Crippen LogP contribution in [0.25, 0.3) is 0 Å². The second-order valence-corrected chi connectivity index (χ2v) is 18.2. The van der Waals surface area contributed by atoms with Gasteiger partial charge in [-0.25, -0.2) is 14.8 Å². The molecule has 3 heterocycles. The maximum Gasteiger partial charge on any atom is 0.322 e. The molecule has 0 spiro atoms. The average molecular weight is 598 g/mol. The van der Waals surface area contributed by atoms with Crippen LogP contribution < -0.4 is 15.1 Å². The molecular formula is C30H44ClN7O2Si. The fraction of sp³-hybridized carbons (Fsp3) is 0.600. The minimum atomic E-state index is -1.73. The monoisotopic (exact) mass is 597 g/mol. The smallest absolute Gasteiger partial charge is 0.322 e. The van der Waals surface area contributed by atoms with E-state index in [1.807, 2.05) is 24.0 Å². The highest BCUT2D eigenvalue weighted by atomic mass is 35.5. The van der Waals surface area contributed by atoms with Gasteiger partial charge in [0.1, 0.15) is 6.07 Å². The fourth-order valence-electron chi connectivity index (χ4n) is 5.13. The molecular weight excluding hydrogens is 554 g/mol. The molecule has 2 saturated heterocycles. The minimum absolute atomic E-state index is 0.0253. The highest BCUT2D eigenvalue weighted by Crippen LogP contribution is 2.37. The van der Waals surface area contributed by atoms with Gasteiger partial charge in [-0.2, -0.15) is 5.26 Å². The van der Waals surface area contributed by atoms with Gasteiger partial charge in [0.15, 0.2) is 8.32 Å². The molecule has 41 heavy (non-hydrogen) atoms. The highest BCUT2D eigenvalue weighted by Gasteiger charge is 2.38. The van der Waals surface area contributed by atoms with Crippen LogP contribution in [0.1, 0.15) is 53.0 Å². The molecule has 0 saturated carbocycles. The predicted octanol–water partition coefficient (Wildman–Crippen LogP) is 6.37. The number of carbonyl (C=O) groups excluding carboxylic acids is 1. The summed E-state index contributed by atoms with van der Waals surface area (Å²) in [7, 11) is -1.73. The molecule has 9 nitrogen and oxygen atoms in total. The Hall–Kier alpha value is -2.87. The SMILES string of the molecule is CC1CN(c2ccc(C#N)c(Cl)c2)C(C)CN1C(=O)Nc1cnc(N2CCC(CO[Si](C)(C)C(C)(C)C)CC2)nc1. The average Bonchev–Trinajstić information content (AvgIpc) is 2.93. The lowest BCUT2D eigenvalue weighted by molar-refractivity contribution is 0.173. The number of nitrogens with one attached hydrogen (secondary N) is 1. The summed E-state index contributed by atoms with van der Waals surface area (Å²) < 4.78 is 6.46. The van der Waals surface area contributed by atoms with Gasteiger partial charge < -0.3 is 24.4 Å². The number of anilines is 3. The van der Waals surface area contributed by atoms with Gasteiger partial charge >= 0.3 is 6.03 Å². The van der Waals surface area contributed by atoms with Crippen molar-refractivity contribution in [2.24, 2.45) is 5.92 Å². The molecule has 2 fully saturated rings. The van der Waals surface area contributed by atoms with E-state index in [4.69, 9.17) is 21.3 Å². The first-order valence-corrected chi connectivity index (χ1v) is 17.8. The van der Waals surface area contributed by atoms with Crippen molar-refractivity contribution in [3.05, 3.63) is 41.2 Å². The maximum absolute atomic E-state index is 13.2. The van der Waals surface area contributed by atoms with Crippen LogP contribution in [0, 0.1) is 17.2 Å². The zero-order chi connectivity index (χ0) is 29.9. The van der Waals surface area contributed by atoms with Gasteiger partial charge in [-0.05, 0) is 68.9 Å². The van der Waals surface area contributed by atoms with Crippen LogP contribution >= 0.6 is 11.6 Å².